The van der Waals surface area contributed by atoms with Crippen LogP contribution in [0, 0.1) is 0 Å². The molecule has 1 aliphatic heterocycles. The Morgan fingerprint density at radius 1 is 1.46 bits per heavy atom. The largest absolute Gasteiger partial charge is 0.413 e. The average molecular weight is 432 g/mol. The van der Waals surface area contributed by atoms with E-state index >= 15 is 0 Å². The van der Waals surface area contributed by atoms with Crippen molar-refractivity contribution < 1.29 is 26.8 Å². The first-order valence-electron chi connectivity index (χ1n) is 7.63. The number of fused-ring (bicyclic) bond motifs is 1. The zero-order chi connectivity index (χ0) is 20.5. The van der Waals surface area contributed by atoms with E-state index in [0.717, 1.165) is 11.3 Å². The van der Waals surface area contributed by atoms with E-state index in [2.05, 4.69) is 36.0 Å². The molecule has 0 saturated carbocycles. The summed E-state index contributed by atoms with van der Waals surface area (Å²) in [6.07, 6.45) is 1.43. The number of rotatable bonds is 5. The van der Waals surface area contributed by atoms with Gasteiger partial charge in [0.2, 0.25) is 0 Å². The standard InChI is InChI=1S/C12H16N8O6S2/c1-20-9-5(2-15-20)6(19-26-28(23,24)25)3-14-8(9)11(22)18-17-10(21)7-4-27-12(13)16-7/h2,4,6,8,14,19H,3H2,1H3,(H2,13,16)(H,17,21)(H,18,22)(H,23,24,25)/t6-,8-/m0/s1. The number of nitrogens with two attached hydrogens (primary N) is 1. The number of nitrogens with one attached hydrogen (secondary N) is 4. The van der Waals surface area contributed by atoms with Crippen molar-refractivity contribution in [1.82, 2.24) is 36.4 Å². The van der Waals surface area contributed by atoms with Gasteiger partial charge in [0, 0.05) is 24.5 Å². The van der Waals surface area contributed by atoms with Crippen molar-refractivity contribution >= 4 is 38.7 Å². The van der Waals surface area contributed by atoms with Gasteiger partial charge < -0.3 is 5.73 Å². The highest BCUT2D eigenvalue weighted by Gasteiger charge is 2.35. The number of amides is 2. The summed E-state index contributed by atoms with van der Waals surface area (Å²) in [6, 6.07) is -1.60. The molecule has 0 unspecified atom stereocenters. The van der Waals surface area contributed by atoms with Gasteiger partial charge in [0.25, 0.3) is 11.8 Å². The maximum Gasteiger partial charge on any atom is 0.413 e. The predicted octanol–water partition coefficient (Wildman–Crippen LogP) is -2.07. The van der Waals surface area contributed by atoms with Crippen LogP contribution >= 0.6 is 11.3 Å². The van der Waals surface area contributed by atoms with Crippen LogP contribution in [0.15, 0.2) is 11.6 Å². The number of hydrogen-bond donors (Lipinski definition) is 6. The molecule has 14 nitrogen and oxygen atoms in total. The fourth-order valence-electron chi connectivity index (χ4n) is 2.62. The molecule has 16 heteroatoms. The Morgan fingerprint density at radius 3 is 2.86 bits per heavy atom. The summed E-state index contributed by atoms with van der Waals surface area (Å²) in [5, 5.41) is 8.59. The molecule has 28 heavy (non-hydrogen) atoms. The van der Waals surface area contributed by atoms with E-state index in [9.17, 15) is 18.0 Å². The van der Waals surface area contributed by atoms with Gasteiger partial charge in [-0.3, -0.25) is 35.0 Å². The number of carbonyl (C=O) groups is 2. The summed E-state index contributed by atoms with van der Waals surface area (Å²) in [7, 11) is -3.11. The van der Waals surface area contributed by atoms with Gasteiger partial charge in [-0.25, -0.2) is 4.98 Å². The molecule has 0 spiro atoms. The van der Waals surface area contributed by atoms with E-state index in [0.29, 0.717) is 11.3 Å². The van der Waals surface area contributed by atoms with Gasteiger partial charge in [0.05, 0.1) is 17.9 Å². The molecule has 7 N–H and O–H groups in total. The first-order valence-corrected chi connectivity index (χ1v) is 9.88. The molecule has 2 amide bonds. The molecular formula is C12H16N8O6S2. The monoisotopic (exact) mass is 432 g/mol. The lowest BCUT2D eigenvalue weighted by molar-refractivity contribution is -0.124. The molecule has 0 fully saturated rings. The molecule has 2 aromatic heterocycles. The molecule has 0 aliphatic carbocycles. The number of anilines is 1. The molecular weight excluding hydrogens is 416 g/mol. The van der Waals surface area contributed by atoms with Crippen molar-refractivity contribution in [3.63, 3.8) is 0 Å². The molecule has 0 radical (unpaired) electrons. The van der Waals surface area contributed by atoms with Gasteiger partial charge >= 0.3 is 10.4 Å². The maximum atomic E-state index is 12.5. The third-order valence-electron chi connectivity index (χ3n) is 3.80. The third-order valence-corrected chi connectivity index (χ3v) is 4.78. The Hall–Kier alpha value is -2.63. The number of carbonyl (C=O) groups excluding carboxylic acids is 2. The number of nitrogen functional groups attached to an aromatic ring is 1. The number of aromatic nitrogens is 3. The number of hydrazine groups is 1. The Bertz CT molecular complexity index is 1000. The van der Waals surface area contributed by atoms with Crippen molar-refractivity contribution in [2.75, 3.05) is 12.3 Å². The quantitative estimate of drug-likeness (QED) is 0.224. The van der Waals surface area contributed by atoms with Gasteiger partial charge in [0.1, 0.15) is 11.7 Å². The van der Waals surface area contributed by atoms with E-state index in [1.54, 1.807) is 7.05 Å². The third kappa shape index (κ3) is 4.43. The molecule has 2 aromatic rings. The van der Waals surface area contributed by atoms with E-state index in [4.69, 9.17) is 10.3 Å². The minimum absolute atomic E-state index is 0.0623. The van der Waals surface area contributed by atoms with Crippen LogP contribution in [0.3, 0.4) is 0 Å². The molecule has 3 rings (SSSR count). The Balaban J connectivity index is 1.68. The molecule has 2 atom stereocenters. The normalized spacial score (nSPS) is 19.1. The molecule has 0 aromatic carbocycles. The minimum Gasteiger partial charge on any atom is -0.375 e. The van der Waals surface area contributed by atoms with Crippen LogP contribution in [-0.2, 0) is 26.5 Å². The maximum absolute atomic E-state index is 12.5. The van der Waals surface area contributed by atoms with Crippen LogP contribution in [0.5, 0.6) is 0 Å². The molecule has 0 saturated heterocycles. The highest BCUT2D eigenvalue weighted by Crippen LogP contribution is 2.28. The van der Waals surface area contributed by atoms with Crippen LogP contribution in [0.25, 0.3) is 0 Å². The average Bonchev–Trinajstić information content (AvgIpc) is 3.23. The Kier molecular flexibility index (Phi) is 5.59. The number of hydrogen-bond acceptors (Lipinski definition) is 11. The zero-order valence-electron chi connectivity index (χ0n) is 14.2. The fraction of sp³-hybridized carbons (Fsp3) is 0.333. The van der Waals surface area contributed by atoms with Crippen LogP contribution in [0.2, 0.25) is 0 Å². The lowest BCUT2D eigenvalue weighted by atomic mass is 9.98. The SMILES string of the molecule is Cn1ncc2c1[C@@H](C(=O)NNC(=O)c1csc(N)n1)NC[C@@H]2NOS(=O)(=O)O. The van der Waals surface area contributed by atoms with Crippen molar-refractivity contribution in [2.24, 2.45) is 7.05 Å². The minimum atomic E-state index is -4.70. The molecule has 1 aliphatic rings. The fourth-order valence-corrected chi connectivity index (χ4v) is 3.40. The lowest BCUT2D eigenvalue weighted by Gasteiger charge is -2.29. The summed E-state index contributed by atoms with van der Waals surface area (Å²) in [5.74, 6) is -1.22. The second kappa shape index (κ2) is 7.78. The topological polar surface area (TPSA) is 203 Å². The second-order valence-electron chi connectivity index (χ2n) is 5.65. The van der Waals surface area contributed by atoms with Crippen LogP contribution in [-0.4, -0.2) is 46.1 Å². The Morgan fingerprint density at radius 2 is 2.21 bits per heavy atom. The lowest BCUT2D eigenvalue weighted by Crippen LogP contribution is -2.51. The number of hydroxylamine groups is 1. The molecule has 152 valence electrons. The van der Waals surface area contributed by atoms with Crippen LogP contribution < -0.4 is 27.4 Å². The van der Waals surface area contributed by atoms with E-state index in [-0.39, 0.29) is 17.4 Å². The van der Waals surface area contributed by atoms with Crippen molar-refractivity contribution in [3.05, 3.63) is 28.5 Å². The molecule has 3 heterocycles. The summed E-state index contributed by atoms with van der Waals surface area (Å²) in [5.41, 5.74) is 13.1. The number of thiazole rings is 1. The van der Waals surface area contributed by atoms with Crippen molar-refractivity contribution in [1.29, 1.82) is 0 Å². The Labute approximate surface area is 162 Å². The number of nitrogens with zero attached hydrogens (tertiary/aromatic N) is 3. The predicted molar refractivity (Wildman–Crippen MR) is 94.6 cm³/mol. The van der Waals surface area contributed by atoms with E-state index in [1.165, 1.54) is 16.3 Å². The van der Waals surface area contributed by atoms with Crippen LogP contribution in [0.4, 0.5) is 5.13 Å². The van der Waals surface area contributed by atoms with E-state index < -0.39 is 34.3 Å². The second-order valence-corrected chi connectivity index (χ2v) is 7.56. The smallest absolute Gasteiger partial charge is 0.375 e. The van der Waals surface area contributed by atoms with Gasteiger partial charge in [-0.2, -0.15) is 23.3 Å². The summed E-state index contributed by atoms with van der Waals surface area (Å²) >= 11 is 1.09. The summed E-state index contributed by atoms with van der Waals surface area (Å²) < 4.78 is 35.8. The van der Waals surface area contributed by atoms with Gasteiger partial charge in [-0.05, 0) is 0 Å². The first-order chi connectivity index (χ1) is 13.2. The first kappa shape index (κ1) is 20.1. The van der Waals surface area contributed by atoms with Gasteiger partial charge in [-0.1, -0.05) is 0 Å². The zero-order valence-corrected chi connectivity index (χ0v) is 15.9. The summed E-state index contributed by atoms with van der Waals surface area (Å²) in [6.45, 7) is 0.0723. The molecule has 0 bridgehead atoms. The highest BCUT2D eigenvalue weighted by atomic mass is 32.3. The summed E-state index contributed by atoms with van der Waals surface area (Å²) in [4.78, 5) is 28.3. The highest BCUT2D eigenvalue weighted by molar-refractivity contribution is 7.80. The van der Waals surface area contributed by atoms with Crippen LogP contribution in [0.1, 0.15) is 33.8 Å². The van der Waals surface area contributed by atoms with E-state index in [1.807, 2.05) is 0 Å². The van der Waals surface area contributed by atoms with Crippen molar-refractivity contribution in [2.45, 2.75) is 12.1 Å². The number of aryl methyl sites for hydroxylation is 1. The van der Waals surface area contributed by atoms with Gasteiger partial charge in [-0.15, -0.1) is 11.3 Å². The van der Waals surface area contributed by atoms with Crippen molar-refractivity contribution in [3.8, 4) is 0 Å². The van der Waals surface area contributed by atoms with Gasteiger partial charge in [0.15, 0.2) is 5.13 Å².